The van der Waals surface area contributed by atoms with Crippen LogP contribution < -0.4 is 5.32 Å². The SMILES string of the molecule is CC1CN(CCCOC2CCNCC2)C1. The summed E-state index contributed by atoms with van der Waals surface area (Å²) in [5.41, 5.74) is 0. The Hall–Kier alpha value is -0.120. The van der Waals surface area contributed by atoms with E-state index in [1.165, 1.54) is 38.9 Å². The standard InChI is InChI=1S/C12H24N2O/c1-11-9-14(10-11)7-2-8-15-12-3-5-13-6-4-12/h11-13H,2-10H2,1H3. The van der Waals surface area contributed by atoms with Gasteiger partial charge in [-0.05, 0) is 38.3 Å². The summed E-state index contributed by atoms with van der Waals surface area (Å²) in [5.74, 6) is 0.926. The van der Waals surface area contributed by atoms with Crippen LogP contribution in [0.4, 0.5) is 0 Å². The minimum Gasteiger partial charge on any atom is -0.378 e. The van der Waals surface area contributed by atoms with E-state index >= 15 is 0 Å². The first-order valence-corrected chi connectivity index (χ1v) is 6.39. The van der Waals surface area contributed by atoms with Gasteiger partial charge in [-0.25, -0.2) is 0 Å². The van der Waals surface area contributed by atoms with Crippen LogP contribution in [0.2, 0.25) is 0 Å². The largest absolute Gasteiger partial charge is 0.378 e. The van der Waals surface area contributed by atoms with Crippen LogP contribution in [0.1, 0.15) is 26.2 Å². The van der Waals surface area contributed by atoms with Gasteiger partial charge >= 0.3 is 0 Å². The summed E-state index contributed by atoms with van der Waals surface area (Å²) < 4.78 is 5.86. The van der Waals surface area contributed by atoms with Gasteiger partial charge in [0.25, 0.3) is 0 Å². The van der Waals surface area contributed by atoms with E-state index < -0.39 is 0 Å². The summed E-state index contributed by atoms with van der Waals surface area (Å²) in [4.78, 5) is 2.52. The molecule has 0 atom stereocenters. The van der Waals surface area contributed by atoms with Crippen LogP contribution in [0.5, 0.6) is 0 Å². The number of nitrogens with zero attached hydrogens (tertiary/aromatic N) is 1. The summed E-state index contributed by atoms with van der Waals surface area (Å²) in [6.45, 7) is 9.37. The lowest BCUT2D eigenvalue weighted by Gasteiger charge is -2.37. The van der Waals surface area contributed by atoms with Crippen molar-refractivity contribution in [3.63, 3.8) is 0 Å². The lowest BCUT2D eigenvalue weighted by atomic mass is 10.0. The predicted molar refractivity (Wildman–Crippen MR) is 62.1 cm³/mol. The molecular weight excluding hydrogens is 188 g/mol. The Morgan fingerprint density at radius 1 is 1.27 bits per heavy atom. The van der Waals surface area contributed by atoms with Crippen molar-refractivity contribution in [1.29, 1.82) is 0 Å². The van der Waals surface area contributed by atoms with E-state index in [4.69, 9.17) is 4.74 Å². The van der Waals surface area contributed by atoms with Gasteiger partial charge in [0.15, 0.2) is 0 Å². The van der Waals surface area contributed by atoms with Crippen LogP contribution in [0, 0.1) is 5.92 Å². The molecule has 2 aliphatic rings. The zero-order valence-electron chi connectivity index (χ0n) is 9.87. The van der Waals surface area contributed by atoms with Crippen LogP contribution in [0.3, 0.4) is 0 Å². The van der Waals surface area contributed by atoms with Crippen LogP contribution in [-0.2, 0) is 4.74 Å². The summed E-state index contributed by atoms with van der Waals surface area (Å²) in [6.07, 6.45) is 4.12. The summed E-state index contributed by atoms with van der Waals surface area (Å²) in [5, 5.41) is 3.36. The smallest absolute Gasteiger partial charge is 0.0599 e. The average Bonchev–Trinajstić information content (AvgIpc) is 2.23. The van der Waals surface area contributed by atoms with Crippen molar-refractivity contribution in [3.05, 3.63) is 0 Å². The number of piperidine rings is 1. The van der Waals surface area contributed by atoms with E-state index in [0.29, 0.717) is 6.10 Å². The maximum Gasteiger partial charge on any atom is 0.0599 e. The topological polar surface area (TPSA) is 24.5 Å². The Kier molecular flexibility index (Phi) is 4.42. The van der Waals surface area contributed by atoms with Crippen LogP contribution >= 0.6 is 0 Å². The molecule has 0 aromatic heterocycles. The molecule has 15 heavy (non-hydrogen) atoms. The maximum absolute atomic E-state index is 5.86. The molecule has 0 aliphatic carbocycles. The van der Waals surface area contributed by atoms with E-state index in [1.807, 2.05) is 0 Å². The fraction of sp³-hybridized carbons (Fsp3) is 1.00. The van der Waals surface area contributed by atoms with Crippen molar-refractivity contribution in [3.8, 4) is 0 Å². The zero-order valence-corrected chi connectivity index (χ0v) is 9.87. The third kappa shape index (κ3) is 3.74. The highest BCUT2D eigenvalue weighted by Crippen LogP contribution is 2.14. The van der Waals surface area contributed by atoms with Gasteiger partial charge in [0, 0.05) is 26.2 Å². The number of nitrogens with one attached hydrogen (secondary N) is 1. The van der Waals surface area contributed by atoms with Crippen molar-refractivity contribution < 1.29 is 4.74 Å². The van der Waals surface area contributed by atoms with Crippen molar-refractivity contribution in [2.45, 2.75) is 32.3 Å². The van der Waals surface area contributed by atoms with Crippen molar-refractivity contribution in [2.24, 2.45) is 5.92 Å². The molecule has 0 aromatic carbocycles. The van der Waals surface area contributed by atoms with Gasteiger partial charge < -0.3 is 15.0 Å². The number of ether oxygens (including phenoxy) is 1. The molecule has 3 nitrogen and oxygen atoms in total. The molecule has 88 valence electrons. The normalized spacial score (nSPS) is 25.4. The van der Waals surface area contributed by atoms with E-state index in [9.17, 15) is 0 Å². The summed E-state index contributed by atoms with van der Waals surface area (Å²) in [7, 11) is 0. The van der Waals surface area contributed by atoms with Gasteiger partial charge in [0.2, 0.25) is 0 Å². The monoisotopic (exact) mass is 212 g/mol. The number of likely N-dealkylation sites (tertiary alicyclic amines) is 1. The van der Waals surface area contributed by atoms with Gasteiger partial charge in [-0.15, -0.1) is 0 Å². The van der Waals surface area contributed by atoms with E-state index in [2.05, 4.69) is 17.1 Å². The van der Waals surface area contributed by atoms with Gasteiger partial charge in [-0.2, -0.15) is 0 Å². The van der Waals surface area contributed by atoms with Crippen LogP contribution in [0.25, 0.3) is 0 Å². The second-order valence-corrected chi connectivity index (χ2v) is 5.04. The molecule has 2 fully saturated rings. The lowest BCUT2D eigenvalue weighted by Crippen LogP contribution is -2.45. The van der Waals surface area contributed by atoms with E-state index in [0.717, 1.165) is 25.6 Å². The Bertz CT molecular complexity index is 174. The second-order valence-electron chi connectivity index (χ2n) is 5.04. The number of rotatable bonds is 5. The van der Waals surface area contributed by atoms with Crippen molar-refractivity contribution in [1.82, 2.24) is 10.2 Å². The molecule has 2 aliphatic heterocycles. The van der Waals surface area contributed by atoms with Crippen molar-refractivity contribution in [2.75, 3.05) is 39.3 Å². The molecule has 2 heterocycles. The Balaban J connectivity index is 1.44. The first-order chi connectivity index (χ1) is 7.34. The third-order valence-corrected chi connectivity index (χ3v) is 3.40. The average molecular weight is 212 g/mol. The van der Waals surface area contributed by atoms with Gasteiger partial charge in [-0.1, -0.05) is 6.92 Å². The van der Waals surface area contributed by atoms with Crippen LogP contribution in [0.15, 0.2) is 0 Å². The summed E-state index contributed by atoms with van der Waals surface area (Å²) >= 11 is 0. The minimum atomic E-state index is 0.529. The van der Waals surface area contributed by atoms with Gasteiger partial charge in [-0.3, -0.25) is 0 Å². The third-order valence-electron chi connectivity index (χ3n) is 3.40. The second kappa shape index (κ2) is 5.83. The molecule has 0 spiro atoms. The maximum atomic E-state index is 5.86. The number of hydrogen-bond donors (Lipinski definition) is 1. The zero-order chi connectivity index (χ0) is 10.5. The van der Waals surface area contributed by atoms with E-state index in [-0.39, 0.29) is 0 Å². The highest BCUT2D eigenvalue weighted by atomic mass is 16.5. The highest BCUT2D eigenvalue weighted by Gasteiger charge is 2.21. The molecule has 2 saturated heterocycles. The van der Waals surface area contributed by atoms with Gasteiger partial charge in [0.05, 0.1) is 6.10 Å². The van der Waals surface area contributed by atoms with Gasteiger partial charge in [0.1, 0.15) is 0 Å². The van der Waals surface area contributed by atoms with Crippen LogP contribution in [-0.4, -0.2) is 50.3 Å². The molecule has 0 amide bonds. The predicted octanol–water partition coefficient (Wildman–Crippen LogP) is 1.10. The molecule has 0 bridgehead atoms. The molecule has 3 heteroatoms. The Morgan fingerprint density at radius 3 is 2.67 bits per heavy atom. The molecule has 1 N–H and O–H groups in total. The van der Waals surface area contributed by atoms with Crippen molar-refractivity contribution >= 4 is 0 Å². The Morgan fingerprint density at radius 2 is 2.00 bits per heavy atom. The lowest BCUT2D eigenvalue weighted by molar-refractivity contribution is 0.0207. The molecular formula is C12H24N2O. The Labute approximate surface area is 93.2 Å². The fourth-order valence-corrected chi connectivity index (χ4v) is 2.51. The molecule has 0 radical (unpaired) electrons. The van der Waals surface area contributed by atoms with E-state index in [1.54, 1.807) is 0 Å². The molecule has 0 unspecified atom stereocenters. The number of hydrogen-bond acceptors (Lipinski definition) is 3. The first kappa shape index (κ1) is 11.4. The highest BCUT2D eigenvalue weighted by molar-refractivity contribution is 4.75. The minimum absolute atomic E-state index is 0.529. The summed E-state index contributed by atoms with van der Waals surface area (Å²) in [6, 6.07) is 0. The molecule has 2 rings (SSSR count). The molecule has 0 aromatic rings. The quantitative estimate of drug-likeness (QED) is 0.691. The first-order valence-electron chi connectivity index (χ1n) is 6.39. The molecule has 0 saturated carbocycles. The fourth-order valence-electron chi connectivity index (χ4n) is 2.51.